The van der Waals surface area contributed by atoms with Crippen molar-refractivity contribution in [2.75, 3.05) is 44.3 Å². The van der Waals surface area contributed by atoms with Crippen LogP contribution in [-0.2, 0) is 17.1 Å². The first-order valence-electron chi connectivity index (χ1n) is 10.4. The second-order valence-electron chi connectivity index (χ2n) is 7.81. The lowest BCUT2D eigenvalue weighted by Gasteiger charge is -2.29. The van der Waals surface area contributed by atoms with Crippen molar-refractivity contribution in [2.24, 2.45) is 0 Å². The van der Waals surface area contributed by atoms with Crippen molar-refractivity contribution >= 4 is 48.5 Å². The largest absolute Gasteiger partial charge is 0.416 e. The Kier molecular flexibility index (Phi) is 7.41. The number of fused-ring (bicyclic) bond motifs is 1. The van der Waals surface area contributed by atoms with Gasteiger partial charge >= 0.3 is 12.4 Å². The van der Waals surface area contributed by atoms with Crippen molar-refractivity contribution in [1.82, 2.24) is 9.88 Å². The van der Waals surface area contributed by atoms with Gasteiger partial charge in [0.05, 0.1) is 34.6 Å². The number of anilines is 1. The van der Waals surface area contributed by atoms with Crippen molar-refractivity contribution in [2.45, 2.75) is 12.4 Å². The molecular weight excluding hydrogens is 564 g/mol. The normalized spacial score (nSPS) is 15.5. The summed E-state index contributed by atoms with van der Waals surface area (Å²) in [5.41, 5.74) is -3.25. The third-order valence-electron chi connectivity index (χ3n) is 5.39. The van der Waals surface area contributed by atoms with Crippen LogP contribution in [0, 0.1) is 0 Å². The van der Waals surface area contributed by atoms with E-state index in [1.807, 2.05) is 4.90 Å². The van der Waals surface area contributed by atoms with Gasteiger partial charge in [-0.1, -0.05) is 27.3 Å². The van der Waals surface area contributed by atoms with Crippen LogP contribution in [0.5, 0.6) is 0 Å². The Morgan fingerprint density at radius 2 is 1.66 bits per heavy atom. The third-order valence-corrected chi connectivity index (χ3v) is 6.93. The number of halogens is 7. The molecule has 1 fully saturated rings. The van der Waals surface area contributed by atoms with Crippen LogP contribution in [-0.4, -0.2) is 55.2 Å². The molecule has 3 aromatic rings. The molecule has 2 heterocycles. The van der Waals surface area contributed by atoms with E-state index in [2.05, 4.69) is 20.9 Å². The second-order valence-corrected chi connectivity index (χ2v) is 9.74. The molecule has 1 aliphatic rings. The summed E-state index contributed by atoms with van der Waals surface area (Å²) in [6.45, 7) is 2.54. The first-order chi connectivity index (χ1) is 16.4. The van der Waals surface area contributed by atoms with Gasteiger partial charge in [-0.15, -0.1) is 0 Å². The molecule has 0 N–H and O–H groups in total. The summed E-state index contributed by atoms with van der Waals surface area (Å²) in [4.78, 5) is 21.0. The Labute approximate surface area is 208 Å². The molecule has 0 bridgehead atoms. The number of nitrogens with zero attached hydrogens (tertiary/aromatic N) is 3. The number of hydrogen-bond acceptors (Lipinski definition) is 5. The fraction of sp³-hybridized carbons (Fsp3) is 0.364. The molecule has 1 aliphatic heterocycles. The first kappa shape index (κ1) is 25.9. The molecule has 5 nitrogen and oxygen atoms in total. The van der Waals surface area contributed by atoms with Crippen LogP contribution in [0.2, 0.25) is 0 Å². The average Bonchev–Trinajstić information content (AvgIpc) is 3.21. The van der Waals surface area contributed by atoms with Crippen LogP contribution in [0.1, 0.15) is 21.5 Å². The summed E-state index contributed by atoms with van der Waals surface area (Å²) >= 11 is 4.47. The number of morpholine rings is 1. The van der Waals surface area contributed by atoms with Crippen molar-refractivity contribution in [3.8, 4) is 0 Å². The molecule has 0 atom stereocenters. The predicted molar refractivity (Wildman–Crippen MR) is 123 cm³/mol. The van der Waals surface area contributed by atoms with Gasteiger partial charge in [0.25, 0.3) is 5.91 Å². The van der Waals surface area contributed by atoms with Gasteiger partial charge in [-0.25, -0.2) is 4.98 Å². The SMILES string of the molecule is O=C(c1cc(C(F)(F)F)cc(C(F)(F)F)c1)N(CCN1CCOCC1)c1nc2ccc(Br)cc2s1. The number of amides is 1. The summed E-state index contributed by atoms with van der Waals surface area (Å²) in [6.07, 6.45) is -10.1. The van der Waals surface area contributed by atoms with Gasteiger partial charge in [-0.05, 0) is 36.4 Å². The fourth-order valence-electron chi connectivity index (χ4n) is 3.59. The van der Waals surface area contributed by atoms with E-state index in [1.54, 1.807) is 18.2 Å². The van der Waals surface area contributed by atoms with Crippen molar-refractivity contribution in [3.05, 3.63) is 57.6 Å². The van der Waals surface area contributed by atoms with E-state index in [-0.39, 0.29) is 17.7 Å². The number of carbonyl (C=O) groups excluding carboxylic acids is 1. The lowest BCUT2D eigenvalue weighted by atomic mass is 10.0. The lowest BCUT2D eigenvalue weighted by molar-refractivity contribution is -0.143. The molecular formula is C22H18BrF6N3O2S. The lowest BCUT2D eigenvalue weighted by Crippen LogP contribution is -2.43. The fourth-order valence-corrected chi connectivity index (χ4v) is 5.13. The van der Waals surface area contributed by atoms with Gasteiger partial charge in [0, 0.05) is 36.2 Å². The number of ether oxygens (including phenoxy) is 1. The predicted octanol–water partition coefficient (Wildman–Crippen LogP) is 6.08. The van der Waals surface area contributed by atoms with Gasteiger partial charge in [0.2, 0.25) is 0 Å². The van der Waals surface area contributed by atoms with Crippen molar-refractivity contribution in [1.29, 1.82) is 0 Å². The zero-order chi connectivity index (χ0) is 25.4. The highest BCUT2D eigenvalue weighted by Gasteiger charge is 2.38. The molecule has 188 valence electrons. The second kappa shape index (κ2) is 10.0. The topological polar surface area (TPSA) is 45.7 Å². The van der Waals surface area contributed by atoms with Gasteiger partial charge in [0.1, 0.15) is 0 Å². The van der Waals surface area contributed by atoms with Crippen LogP contribution in [0.25, 0.3) is 10.2 Å². The summed E-state index contributed by atoms with van der Waals surface area (Å²) in [6, 6.07) is 6.12. The van der Waals surface area contributed by atoms with E-state index < -0.39 is 35.0 Å². The number of aromatic nitrogens is 1. The van der Waals surface area contributed by atoms with Crippen LogP contribution in [0.15, 0.2) is 40.9 Å². The van der Waals surface area contributed by atoms with Gasteiger partial charge in [-0.3, -0.25) is 14.6 Å². The van der Waals surface area contributed by atoms with Crippen LogP contribution >= 0.6 is 27.3 Å². The van der Waals surface area contributed by atoms with E-state index in [9.17, 15) is 31.1 Å². The Morgan fingerprint density at radius 3 is 2.26 bits per heavy atom. The van der Waals surface area contributed by atoms with Crippen LogP contribution in [0.4, 0.5) is 31.5 Å². The number of alkyl halides is 6. The quantitative estimate of drug-likeness (QED) is 0.343. The summed E-state index contributed by atoms with van der Waals surface area (Å²) < 4.78 is 87.0. The van der Waals surface area contributed by atoms with E-state index in [0.717, 1.165) is 20.7 Å². The number of rotatable bonds is 5. The minimum Gasteiger partial charge on any atom is -0.379 e. The van der Waals surface area contributed by atoms with Gasteiger partial charge in [-0.2, -0.15) is 26.3 Å². The highest BCUT2D eigenvalue weighted by atomic mass is 79.9. The molecule has 0 saturated carbocycles. The Hall–Kier alpha value is -2.22. The molecule has 1 saturated heterocycles. The smallest absolute Gasteiger partial charge is 0.379 e. The molecule has 13 heteroatoms. The molecule has 0 aliphatic carbocycles. The average molecular weight is 582 g/mol. The summed E-state index contributed by atoms with van der Waals surface area (Å²) in [7, 11) is 0. The van der Waals surface area contributed by atoms with E-state index in [1.165, 1.54) is 0 Å². The maximum absolute atomic E-state index is 13.4. The summed E-state index contributed by atoms with van der Waals surface area (Å²) in [5.74, 6) is -0.993. The van der Waals surface area contributed by atoms with E-state index in [0.29, 0.717) is 55.2 Å². The monoisotopic (exact) mass is 581 g/mol. The number of hydrogen-bond donors (Lipinski definition) is 0. The third kappa shape index (κ3) is 6.13. The number of benzene rings is 2. The van der Waals surface area contributed by atoms with Gasteiger partial charge in [0.15, 0.2) is 5.13 Å². The minimum absolute atomic E-state index is 0.00403. The zero-order valence-corrected chi connectivity index (χ0v) is 20.3. The molecule has 4 rings (SSSR count). The molecule has 0 radical (unpaired) electrons. The number of thiazole rings is 1. The van der Waals surface area contributed by atoms with Crippen LogP contribution < -0.4 is 4.90 Å². The maximum Gasteiger partial charge on any atom is 0.416 e. The first-order valence-corrected chi connectivity index (χ1v) is 12.0. The molecule has 0 spiro atoms. The van der Waals surface area contributed by atoms with Crippen LogP contribution in [0.3, 0.4) is 0 Å². The Morgan fingerprint density at radius 1 is 1.03 bits per heavy atom. The van der Waals surface area contributed by atoms with Crippen molar-refractivity contribution in [3.63, 3.8) is 0 Å². The van der Waals surface area contributed by atoms with Crippen molar-refractivity contribution < 1.29 is 35.9 Å². The zero-order valence-electron chi connectivity index (χ0n) is 17.9. The molecule has 35 heavy (non-hydrogen) atoms. The van der Waals surface area contributed by atoms with E-state index in [4.69, 9.17) is 4.74 Å². The number of carbonyl (C=O) groups is 1. The maximum atomic E-state index is 13.4. The highest BCUT2D eigenvalue weighted by molar-refractivity contribution is 9.10. The molecule has 1 aromatic heterocycles. The van der Waals surface area contributed by atoms with E-state index >= 15 is 0 Å². The highest BCUT2D eigenvalue weighted by Crippen LogP contribution is 2.37. The minimum atomic E-state index is -5.06. The standard InChI is InChI=1S/C22H18BrF6N3O2S/c23-16-1-2-17-18(12-16)35-20(30-17)32(4-3-31-5-7-34-8-6-31)19(33)13-9-14(21(24,25)26)11-15(10-13)22(27,28)29/h1-2,9-12H,3-8H2. The van der Waals surface area contributed by atoms with Gasteiger partial charge < -0.3 is 4.74 Å². The molecule has 2 aromatic carbocycles. The Balaban J connectivity index is 1.74. The Bertz CT molecular complexity index is 1190. The summed E-state index contributed by atoms with van der Waals surface area (Å²) in [5, 5.41) is 0.183. The molecule has 0 unspecified atom stereocenters. The molecule has 1 amide bonds.